The Bertz CT molecular complexity index is 382. The highest BCUT2D eigenvalue weighted by Gasteiger charge is 2.17. The highest BCUT2D eigenvalue weighted by molar-refractivity contribution is 6.30. The molecule has 0 aromatic heterocycles. The van der Waals surface area contributed by atoms with Crippen LogP contribution in [0.1, 0.15) is 17.3 Å². The van der Waals surface area contributed by atoms with Gasteiger partial charge in [-0.15, -0.1) is 11.6 Å². The summed E-state index contributed by atoms with van der Waals surface area (Å²) in [4.78, 5) is 13.5. The fraction of sp³-hybridized carbons (Fsp3) is 0.364. The Hall–Kier alpha value is -0.930. The van der Waals surface area contributed by atoms with Crippen LogP contribution in [0.2, 0.25) is 5.02 Å². The van der Waals surface area contributed by atoms with Crippen LogP contribution in [0.5, 0.6) is 5.75 Å². The number of hydrogen-bond acceptors (Lipinski definition) is 2. The van der Waals surface area contributed by atoms with Gasteiger partial charge in [-0.05, 0) is 25.1 Å². The number of amides is 1. The average Bonchev–Trinajstić information content (AvgIpc) is 2.25. The van der Waals surface area contributed by atoms with Crippen molar-refractivity contribution in [2.45, 2.75) is 6.92 Å². The number of phenolic OH excluding ortho intramolecular Hbond substituents is 1. The molecule has 0 aliphatic carbocycles. The van der Waals surface area contributed by atoms with Crippen molar-refractivity contribution in [3.8, 4) is 5.75 Å². The largest absolute Gasteiger partial charge is 0.507 e. The van der Waals surface area contributed by atoms with Gasteiger partial charge in [-0.1, -0.05) is 11.6 Å². The van der Waals surface area contributed by atoms with Crippen LogP contribution < -0.4 is 0 Å². The molecule has 88 valence electrons. The molecule has 0 unspecified atom stereocenters. The van der Waals surface area contributed by atoms with Crippen LogP contribution in [0.4, 0.5) is 0 Å². The van der Waals surface area contributed by atoms with E-state index in [0.29, 0.717) is 24.0 Å². The van der Waals surface area contributed by atoms with Crippen LogP contribution in [0.15, 0.2) is 18.2 Å². The van der Waals surface area contributed by atoms with Crippen LogP contribution in [0, 0.1) is 0 Å². The quantitative estimate of drug-likeness (QED) is 0.847. The molecule has 1 amide bonds. The molecule has 1 N–H and O–H groups in total. The number of carbonyl (C=O) groups is 1. The van der Waals surface area contributed by atoms with E-state index in [1.165, 1.54) is 12.1 Å². The van der Waals surface area contributed by atoms with Gasteiger partial charge in [-0.25, -0.2) is 0 Å². The topological polar surface area (TPSA) is 40.5 Å². The van der Waals surface area contributed by atoms with Gasteiger partial charge in [0.15, 0.2) is 0 Å². The summed E-state index contributed by atoms with van der Waals surface area (Å²) in [6.07, 6.45) is 0. The fourth-order valence-electron chi connectivity index (χ4n) is 1.36. The Morgan fingerprint density at radius 1 is 1.50 bits per heavy atom. The lowest BCUT2D eigenvalue weighted by Gasteiger charge is -2.20. The molecule has 0 aliphatic rings. The van der Waals surface area contributed by atoms with Crippen LogP contribution in [-0.4, -0.2) is 34.9 Å². The molecule has 0 fully saturated rings. The summed E-state index contributed by atoms with van der Waals surface area (Å²) in [6.45, 7) is 2.87. The summed E-state index contributed by atoms with van der Waals surface area (Å²) in [7, 11) is 0. The Kier molecular flexibility index (Phi) is 4.90. The Balaban J connectivity index is 2.94. The molecular weight excluding hydrogens is 249 g/mol. The van der Waals surface area contributed by atoms with Gasteiger partial charge >= 0.3 is 0 Å². The zero-order valence-electron chi connectivity index (χ0n) is 8.91. The molecule has 0 saturated heterocycles. The van der Waals surface area contributed by atoms with E-state index in [1.807, 2.05) is 6.92 Å². The molecule has 16 heavy (non-hydrogen) atoms. The van der Waals surface area contributed by atoms with Crippen molar-refractivity contribution in [2.75, 3.05) is 19.0 Å². The third-order valence-corrected chi connectivity index (χ3v) is 2.62. The van der Waals surface area contributed by atoms with E-state index >= 15 is 0 Å². The van der Waals surface area contributed by atoms with Gasteiger partial charge in [0.2, 0.25) is 0 Å². The van der Waals surface area contributed by atoms with Crippen LogP contribution in [-0.2, 0) is 0 Å². The Morgan fingerprint density at radius 2 is 2.19 bits per heavy atom. The minimum Gasteiger partial charge on any atom is -0.507 e. The van der Waals surface area contributed by atoms with Gasteiger partial charge < -0.3 is 10.0 Å². The molecule has 1 rings (SSSR count). The zero-order chi connectivity index (χ0) is 12.1. The van der Waals surface area contributed by atoms with Gasteiger partial charge in [0.05, 0.1) is 5.56 Å². The van der Waals surface area contributed by atoms with Crippen molar-refractivity contribution in [1.29, 1.82) is 0 Å². The number of aromatic hydroxyl groups is 1. The number of benzene rings is 1. The lowest BCUT2D eigenvalue weighted by Crippen LogP contribution is -2.32. The molecule has 1 aromatic rings. The standard InChI is InChI=1S/C11H13Cl2NO2/c1-2-14(6-5-12)11(16)9-4-3-8(13)7-10(9)15/h3-4,7,15H,2,5-6H2,1H3. The zero-order valence-corrected chi connectivity index (χ0v) is 10.4. The SMILES string of the molecule is CCN(CCCl)C(=O)c1ccc(Cl)cc1O. The van der Waals surface area contributed by atoms with Gasteiger partial charge in [0.25, 0.3) is 5.91 Å². The van der Waals surface area contributed by atoms with Crippen molar-refractivity contribution < 1.29 is 9.90 Å². The summed E-state index contributed by atoms with van der Waals surface area (Å²) < 4.78 is 0. The minimum absolute atomic E-state index is 0.106. The molecule has 0 aliphatic heterocycles. The van der Waals surface area contributed by atoms with Gasteiger partial charge in [0, 0.05) is 24.0 Å². The van der Waals surface area contributed by atoms with E-state index in [-0.39, 0.29) is 17.2 Å². The van der Waals surface area contributed by atoms with E-state index in [9.17, 15) is 9.90 Å². The first-order chi connectivity index (χ1) is 7.60. The van der Waals surface area contributed by atoms with Gasteiger partial charge in [-0.2, -0.15) is 0 Å². The van der Waals surface area contributed by atoms with Crippen molar-refractivity contribution in [3.05, 3.63) is 28.8 Å². The third-order valence-electron chi connectivity index (χ3n) is 2.21. The van der Waals surface area contributed by atoms with E-state index < -0.39 is 0 Å². The molecular formula is C11H13Cl2NO2. The normalized spacial score (nSPS) is 10.2. The maximum absolute atomic E-state index is 12.0. The summed E-state index contributed by atoms with van der Waals surface area (Å²) in [6, 6.07) is 4.43. The van der Waals surface area contributed by atoms with Gasteiger partial charge in [-0.3, -0.25) is 4.79 Å². The predicted octanol–water partition coefficient (Wildman–Crippen LogP) is 2.75. The van der Waals surface area contributed by atoms with Crippen molar-refractivity contribution in [1.82, 2.24) is 4.90 Å². The number of phenols is 1. The Labute approximate surface area is 105 Å². The first kappa shape index (κ1) is 13.1. The average molecular weight is 262 g/mol. The lowest BCUT2D eigenvalue weighted by atomic mass is 10.1. The predicted molar refractivity (Wildman–Crippen MR) is 65.4 cm³/mol. The van der Waals surface area contributed by atoms with E-state index in [2.05, 4.69) is 0 Å². The van der Waals surface area contributed by atoms with E-state index in [4.69, 9.17) is 23.2 Å². The first-order valence-corrected chi connectivity index (χ1v) is 5.85. The second-order valence-corrected chi connectivity index (χ2v) is 4.05. The molecule has 0 saturated carbocycles. The number of rotatable bonds is 4. The molecule has 0 bridgehead atoms. The minimum atomic E-state index is -0.239. The van der Waals surface area contributed by atoms with E-state index in [1.54, 1.807) is 11.0 Å². The maximum Gasteiger partial charge on any atom is 0.257 e. The molecule has 0 heterocycles. The summed E-state index contributed by atoms with van der Waals surface area (Å²) in [5, 5.41) is 10.0. The van der Waals surface area contributed by atoms with Gasteiger partial charge in [0.1, 0.15) is 5.75 Å². The highest BCUT2D eigenvalue weighted by Crippen LogP contribution is 2.23. The highest BCUT2D eigenvalue weighted by atomic mass is 35.5. The summed E-state index contributed by atoms with van der Waals surface area (Å²) in [5.74, 6) is 0.0244. The number of nitrogens with zero attached hydrogens (tertiary/aromatic N) is 1. The number of carbonyl (C=O) groups excluding carboxylic acids is 1. The Morgan fingerprint density at radius 3 is 2.69 bits per heavy atom. The lowest BCUT2D eigenvalue weighted by molar-refractivity contribution is 0.0771. The monoisotopic (exact) mass is 261 g/mol. The molecule has 1 aromatic carbocycles. The number of hydrogen-bond donors (Lipinski definition) is 1. The van der Waals surface area contributed by atoms with Crippen LogP contribution in [0.25, 0.3) is 0 Å². The first-order valence-electron chi connectivity index (χ1n) is 4.94. The molecule has 3 nitrogen and oxygen atoms in total. The second kappa shape index (κ2) is 5.97. The summed E-state index contributed by atoms with van der Waals surface area (Å²) in [5.41, 5.74) is 0.247. The second-order valence-electron chi connectivity index (χ2n) is 3.24. The molecule has 5 heteroatoms. The molecule has 0 atom stereocenters. The maximum atomic E-state index is 12.0. The van der Waals surface area contributed by atoms with Crippen LogP contribution in [0.3, 0.4) is 0 Å². The van der Waals surface area contributed by atoms with Crippen LogP contribution >= 0.6 is 23.2 Å². The molecule has 0 radical (unpaired) electrons. The fourth-order valence-corrected chi connectivity index (χ4v) is 1.73. The summed E-state index contributed by atoms with van der Waals surface area (Å²) >= 11 is 11.3. The van der Waals surface area contributed by atoms with Crippen molar-refractivity contribution >= 4 is 29.1 Å². The van der Waals surface area contributed by atoms with Crippen molar-refractivity contribution in [3.63, 3.8) is 0 Å². The molecule has 0 spiro atoms. The van der Waals surface area contributed by atoms with E-state index in [0.717, 1.165) is 0 Å². The number of halogens is 2. The number of alkyl halides is 1. The third kappa shape index (κ3) is 3.03. The van der Waals surface area contributed by atoms with Crippen molar-refractivity contribution in [2.24, 2.45) is 0 Å². The smallest absolute Gasteiger partial charge is 0.257 e.